The zero-order valence-corrected chi connectivity index (χ0v) is 10.3. The van der Waals surface area contributed by atoms with E-state index in [-0.39, 0.29) is 5.75 Å². The Morgan fingerprint density at radius 2 is 2.28 bits per heavy atom. The molecule has 1 aliphatic rings. The Bertz CT molecular complexity index is 720. The van der Waals surface area contributed by atoms with Gasteiger partial charge in [0.05, 0.1) is 5.75 Å². The van der Waals surface area contributed by atoms with Gasteiger partial charge in [-0.1, -0.05) is 0 Å². The molecule has 2 aromatic heterocycles. The second-order valence-electron chi connectivity index (χ2n) is 4.35. The molecule has 6 nitrogen and oxygen atoms in total. The Morgan fingerprint density at radius 1 is 1.44 bits per heavy atom. The lowest BCUT2D eigenvalue weighted by Gasteiger charge is -2.02. The number of hydrogen-bond acceptors (Lipinski definition) is 5. The van der Waals surface area contributed by atoms with E-state index in [1.54, 1.807) is 18.3 Å². The van der Waals surface area contributed by atoms with E-state index in [4.69, 9.17) is 0 Å². The zero-order valence-electron chi connectivity index (χ0n) is 9.48. The maximum atomic E-state index is 11.8. The highest BCUT2D eigenvalue weighted by molar-refractivity contribution is 7.91. The fraction of sp³-hybridized carbons (Fsp3) is 0.364. The normalized spacial score (nSPS) is 22.3. The van der Waals surface area contributed by atoms with Crippen molar-refractivity contribution >= 4 is 21.8 Å². The van der Waals surface area contributed by atoms with Crippen molar-refractivity contribution in [3.63, 3.8) is 0 Å². The van der Waals surface area contributed by atoms with Crippen LogP contribution in [0.25, 0.3) is 5.65 Å². The molecule has 1 atom stereocenters. The van der Waals surface area contributed by atoms with E-state index < -0.39 is 15.1 Å². The molecule has 2 aromatic rings. The predicted molar refractivity (Wildman–Crippen MR) is 64.1 cm³/mol. The summed E-state index contributed by atoms with van der Waals surface area (Å²) >= 11 is 0. The van der Waals surface area contributed by atoms with Crippen molar-refractivity contribution < 1.29 is 13.2 Å². The SMILES string of the molecule is O=Cc1ccn2nc(C3CCCS3(=O)=O)nc2c1. The molecule has 0 aliphatic carbocycles. The van der Waals surface area contributed by atoms with Crippen LogP contribution in [-0.2, 0) is 9.84 Å². The van der Waals surface area contributed by atoms with Gasteiger partial charge in [-0.15, -0.1) is 5.10 Å². The number of fused-ring (bicyclic) bond motifs is 1. The van der Waals surface area contributed by atoms with Crippen LogP contribution in [0.2, 0.25) is 0 Å². The summed E-state index contributed by atoms with van der Waals surface area (Å²) in [6, 6.07) is 3.20. The summed E-state index contributed by atoms with van der Waals surface area (Å²) in [5.41, 5.74) is 0.993. The van der Waals surface area contributed by atoms with Crippen molar-refractivity contribution in [2.75, 3.05) is 5.75 Å². The molecule has 0 bridgehead atoms. The molecule has 0 amide bonds. The fourth-order valence-corrected chi connectivity index (χ4v) is 4.01. The Morgan fingerprint density at radius 3 is 2.94 bits per heavy atom. The molecule has 1 unspecified atom stereocenters. The van der Waals surface area contributed by atoms with Crippen LogP contribution in [0.5, 0.6) is 0 Å². The molecule has 3 rings (SSSR count). The van der Waals surface area contributed by atoms with Gasteiger partial charge < -0.3 is 0 Å². The highest BCUT2D eigenvalue weighted by atomic mass is 32.2. The van der Waals surface area contributed by atoms with E-state index in [0.29, 0.717) is 29.9 Å². The molecule has 7 heteroatoms. The summed E-state index contributed by atoms with van der Waals surface area (Å²) in [6.07, 6.45) is 3.56. The third-order valence-electron chi connectivity index (χ3n) is 3.13. The number of hydrogen-bond donors (Lipinski definition) is 0. The Balaban J connectivity index is 2.11. The van der Waals surface area contributed by atoms with Gasteiger partial charge in [0.25, 0.3) is 0 Å². The summed E-state index contributed by atoms with van der Waals surface area (Å²) in [5.74, 6) is 0.530. The van der Waals surface area contributed by atoms with Gasteiger partial charge in [-0.3, -0.25) is 4.79 Å². The van der Waals surface area contributed by atoms with Gasteiger partial charge in [0.2, 0.25) is 0 Å². The van der Waals surface area contributed by atoms with Gasteiger partial charge in [-0.25, -0.2) is 17.9 Å². The quantitative estimate of drug-likeness (QED) is 0.750. The molecule has 94 valence electrons. The molecule has 0 saturated carbocycles. The maximum absolute atomic E-state index is 11.8. The highest BCUT2D eigenvalue weighted by Crippen LogP contribution is 2.32. The van der Waals surface area contributed by atoms with Crippen LogP contribution in [0.3, 0.4) is 0 Å². The smallest absolute Gasteiger partial charge is 0.169 e. The number of aromatic nitrogens is 3. The Labute approximate surface area is 104 Å². The predicted octanol–water partition coefficient (Wildman–Crippen LogP) is 0.792. The van der Waals surface area contributed by atoms with E-state index in [2.05, 4.69) is 10.1 Å². The number of rotatable bonds is 2. The van der Waals surface area contributed by atoms with Crippen LogP contribution in [0, 0.1) is 0 Å². The van der Waals surface area contributed by atoms with E-state index in [0.717, 1.165) is 6.29 Å². The minimum absolute atomic E-state index is 0.201. The number of carbonyl (C=O) groups excluding carboxylic acids is 1. The molecule has 18 heavy (non-hydrogen) atoms. The lowest BCUT2D eigenvalue weighted by Crippen LogP contribution is -2.09. The molecule has 1 saturated heterocycles. The molecule has 0 radical (unpaired) electrons. The van der Waals surface area contributed by atoms with Crippen LogP contribution in [0.4, 0.5) is 0 Å². The van der Waals surface area contributed by atoms with Gasteiger partial charge >= 0.3 is 0 Å². The Kier molecular flexibility index (Phi) is 2.44. The zero-order chi connectivity index (χ0) is 12.8. The average Bonchev–Trinajstić information content (AvgIpc) is 2.90. The third-order valence-corrected chi connectivity index (χ3v) is 5.30. The second-order valence-corrected chi connectivity index (χ2v) is 6.65. The van der Waals surface area contributed by atoms with Gasteiger partial charge in [0.15, 0.2) is 21.3 Å². The highest BCUT2D eigenvalue weighted by Gasteiger charge is 2.35. The lowest BCUT2D eigenvalue weighted by atomic mass is 10.2. The standard InChI is InChI=1S/C11H11N3O3S/c15-7-8-3-4-14-10(6-8)12-11(13-14)9-2-1-5-18(9,16)17/h3-4,6-7,9H,1-2,5H2. The van der Waals surface area contributed by atoms with Crippen molar-refractivity contribution in [1.29, 1.82) is 0 Å². The summed E-state index contributed by atoms with van der Waals surface area (Å²) in [4.78, 5) is 14.9. The number of aldehydes is 1. The number of pyridine rings is 1. The van der Waals surface area contributed by atoms with E-state index in [9.17, 15) is 13.2 Å². The summed E-state index contributed by atoms with van der Waals surface area (Å²) in [5, 5.41) is 3.58. The van der Waals surface area contributed by atoms with Gasteiger partial charge in [-0.05, 0) is 25.0 Å². The minimum Gasteiger partial charge on any atom is -0.298 e. The molecule has 3 heterocycles. The van der Waals surface area contributed by atoms with Crippen LogP contribution < -0.4 is 0 Å². The van der Waals surface area contributed by atoms with Crippen molar-refractivity contribution in [2.24, 2.45) is 0 Å². The van der Waals surface area contributed by atoms with E-state index >= 15 is 0 Å². The molecular weight excluding hydrogens is 254 g/mol. The third kappa shape index (κ3) is 1.71. The van der Waals surface area contributed by atoms with Crippen molar-refractivity contribution in [3.8, 4) is 0 Å². The first-order valence-electron chi connectivity index (χ1n) is 5.63. The molecular formula is C11H11N3O3S. The summed E-state index contributed by atoms with van der Waals surface area (Å²) < 4.78 is 25.1. The molecule has 0 N–H and O–H groups in total. The van der Waals surface area contributed by atoms with Crippen LogP contribution >= 0.6 is 0 Å². The molecule has 1 aliphatic heterocycles. The van der Waals surface area contributed by atoms with Crippen LogP contribution in [-0.4, -0.2) is 35.1 Å². The van der Waals surface area contributed by atoms with E-state index in [1.807, 2.05) is 0 Å². The van der Waals surface area contributed by atoms with Gasteiger partial charge in [-0.2, -0.15) is 0 Å². The number of nitrogens with zero attached hydrogens (tertiary/aromatic N) is 3. The largest absolute Gasteiger partial charge is 0.298 e. The van der Waals surface area contributed by atoms with Crippen LogP contribution in [0.15, 0.2) is 18.3 Å². The number of carbonyl (C=O) groups is 1. The first-order valence-corrected chi connectivity index (χ1v) is 7.35. The van der Waals surface area contributed by atoms with Gasteiger partial charge in [0.1, 0.15) is 11.5 Å². The van der Waals surface area contributed by atoms with Crippen molar-refractivity contribution in [1.82, 2.24) is 14.6 Å². The molecule has 1 fully saturated rings. The first kappa shape index (κ1) is 11.3. The fourth-order valence-electron chi connectivity index (χ4n) is 2.21. The summed E-state index contributed by atoms with van der Waals surface area (Å²) in [7, 11) is -3.11. The molecule has 0 spiro atoms. The summed E-state index contributed by atoms with van der Waals surface area (Å²) in [6.45, 7) is 0. The lowest BCUT2D eigenvalue weighted by molar-refractivity contribution is 0.112. The molecule has 0 aromatic carbocycles. The topological polar surface area (TPSA) is 81.4 Å². The van der Waals surface area contributed by atoms with Crippen molar-refractivity contribution in [2.45, 2.75) is 18.1 Å². The maximum Gasteiger partial charge on any atom is 0.169 e. The van der Waals surface area contributed by atoms with Crippen molar-refractivity contribution in [3.05, 3.63) is 29.7 Å². The monoisotopic (exact) mass is 265 g/mol. The number of sulfone groups is 1. The van der Waals surface area contributed by atoms with Gasteiger partial charge in [0, 0.05) is 11.8 Å². The average molecular weight is 265 g/mol. The van der Waals surface area contributed by atoms with Crippen LogP contribution in [0.1, 0.15) is 34.3 Å². The van der Waals surface area contributed by atoms with E-state index in [1.165, 1.54) is 4.52 Å². The second kappa shape index (κ2) is 3.88. The first-order chi connectivity index (χ1) is 8.60. The Hall–Kier alpha value is -1.76. The minimum atomic E-state index is -3.11.